The number of fused-ring (bicyclic) bond motifs is 1. The van der Waals surface area contributed by atoms with Crippen LogP contribution in [0.2, 0.25) is 0 Å². The molecule has 1 amide bonds. The molecule has 2 heterocycles. The van der Waals surface area contributed by atoms with Gasteiger partial charge in [0.2, 0.25) is 5.91 Å². The Labute approximate surface area is 154 Å². The van der Waals surface area contributed by atoms with E-state index >= 15 is 0 Å². The zero-order valence-electron chi connectivity index (χ0n) is 14.4. The van der Waals surface area contributed by atoms with Gasteiger partial charge in [0.05, 0.1) is 11.2 Å². The van der Waals surface area contributed by atoms with Gasteiger partial charge in [-0.15, -0.1) is 0 Å². The van der Waals surface area contributed by atoms with Crippen molar-refractivity contribution in [2.24, 2.45) is 0 Å². The lowest BCUT2D eigenvalue weighted by Crippen LogP contribution is -2.28. The van der Waals surface area contributed by atoms with E-state index in [0.717, 1.165) is 16.8 Å². The minimum atomic E-state index is -0.141. The number of benzene rings is 2. The molecule has 0 bridgehead atoms. The standard InChI is InChI=1S/C20H17N5O2/c26-19-9-10-24(18-8-4-2-6-16(18)19)12-20(27)22-11-15-5-1-3-7-17(15)25-14-21-13-23-25/h1-10,13-14H,11-12H2,(H,22,27). The van der Waals surface area contributed by atoms with Crippen LogP contribution in [0.5, 0.6) is 0 Å². The largest absolute Gasteiger partial charge is 0.350 e. The van der Waals surface area contributed by atoms with Crippen LogP contribution in [0.25, 0.3) is 16.6 Å². The van der Waals surface area contributed by atoms with Gasteiger partial charge in [-0.05, 0) is 23.8 Å². The molecule has 2 aromatic carbocycles. The second-order valence-electron chi connectivity index (χ2n) is 6.07. The van der Waals surface area contributed by atoms with Crippen LogP contribution >= 0.6 is 0 Å². The third-order valence-corrected chi connectivity index (χ3v) is 4.33. The van der Waals surface area contributed by atoms with Crippen molar-refractivity contribution in [2.45, 2.75) is 13.1 Å². The van der Waals surface area contributed by atoms with Crippen molar-refractivity contribution in [3.63, 3.8) is 0 Å². The summed E-state index contributed by atoms with van der Waals surface area (Å²) in [4.78, 5) is 28.4. The highest BCUT2D eigenvalue weighted by molar-refractivity contribution is 5.82. The average molecular weight is 359 g/mol. The number of amides is 1. The number of pyridine rings is 1. The van der Waals surface area contributed by atoms with Crippen LogP contribution in [0.1, 0.15) is 5.56 Å². The summed E-state index contributed by atoms with van der Waals surface area (Å²) in [6.07, 6.45) is 4.73. The molecule has 1 N–H and O–H groups in total. The molecular weight excluding hydrogens is 342 g/mol. The molecule has 27 heavy (non-hydrogen) atoms. The minimum absolute atomic E-state index is 0.0518. The van der Waals surface area contributed by atoms with E-state index in [-0.39, 0.29) is 17.9 Å². The molecule has 0 radical (unpaired) electrons. The second kappa shape index (κ2) is 7.25. The summed E-state index contributed by atoms with van der Waals surface area (Å²) < 4.78 is 3.44. The van der Waals surface area contributed by atoms with Crippen molar-refractivity contribution < 1.29 is 4.79 Å². The quantitative estimate of drug-likeness (QED) is 0.590. The van der Waals surface area contributed by atoms with E-state index < -0.39 is 0 Å². The number of para-hydroxylation sites is 2. The maximum absolute atomic E-state index is 12.5. The van der Waals surface area contributed by atoms with Crippen LogP contribution in [0, 0.1) is 0 Å². The van der Waals surface area contributed by atoms with Crippen molar-refractivity contribution in [3.8, 4) is 5.69 Å². The summed E-state index contributed by atoms with van der Waals surface area (Å²) in [6, 6.07) is 16.4. The van der Waals surface area contributed by atoms with Gasteiger partial charge in [-0.25, -0.2) is 9.67 Å². The predicted octanol–water partition coefficient (Wildman–Crippen LogP) is 1.90. The average Bonchev–Trinajstić information content (AvgIpc) is 3.24. The summed E-state index contributed by atoms with van der Waals surface area (Å²) in [6.45, 7) is 0.499. The molecule has 2 aromatic heterocycles. The zero-order valence-corrected chi connectivity index (χ0v) is 14.4. The number of nitrogens with one attached hydrogen (secondary N) is 1. The molecule has 134 valence electrons. The lowest BCUT2D eigenvalue weighted by molar-refractivity contribution is -0.121. The first kappa shape index (κ1) is 16.7. The zero-order chi connectivity index (χ0) is 18.6. The Morgan fingerprint density at radius 1 is 1.04 bits per heavy atom. The van der Waals surface area contributed by atoms with E-state index in [0.29, 0.717) is 11.9 Å². The molecule has 0 aliphatic rings. The topological polar surface area (TPSA) is 81.8 Å². The fraction of sp³-hybridized carbons (Fsp3) is 0.100. The smallest absolute Gasteiger partial charge is 0.240 e. The second-order valence-corrected chi connectivity index (χ2v) is 6.07. The Kier molecular flexibility index (Phi) is 4.49. The fourth-order valence-electron chi connectivity index (χ4n) is 3.02. The van der Waals surface area contributed by atoms with Gasteiger partial charge < -0.3 is 9.88 Å². The maximum Gasteiger partial charge on any atom is 0.240 e. The number of hydrogen-bond donors (Lipinski definition) is 1. The molecule has 0 atom stereocenters. The lowest BCUT2D eigenvalue weighted by Gasteiger charge is -2.13. The van der Waals surface area contributed by atoms with E-state index in [1.54, 1.807) is 27.8 Å². The predicted molar refractivity (Wildman–Crippen MR) is 101 cm³/mol. The third kappa shape index (κ3) is 3.48. The molecule has 0 aliphatic heterocycles. The Hall–Kier alpha value is -3.74. The third-order valence-electron chi connectivity index (χ3n) is 4.33. The van der Waals surface area contributed by atoms with Gasteiger partial charge in [0.15, 0.2) is 5.43 Å². The molecule has 7 nitrogen and oxygen atoms in total. The van der Waals surface area contributed by atoms with Crippen molar-refractivity contribution in [1.29, 1.82) is 0 Å². The summed E-state index contributed by atoms with van der Waals surface area (Å²) in [5.41, 5.74) is 2.48. The molecular formula is C20H17N5O2. The SMILES string of the molecule is O=C(Cn1ccc(=O)c2ccccc21)NCc1ccccc1-n1cncn1. The van der Waals surface area contributed by atoms with Crippen molar-refractivity contribution >= 4 is 16.8 Å². The number of aromatic nitrogens is 4. The summed E-state index contributed by atoms with van der Waals surface area (Å²) in [5, 5.41) is 7.67. The van der Waals surface area contributed by atoms with Crippen LogP contribution in [-0.2, 0) is 17.9 Å². The lowest BCUT2D eigenvalue weighted by atomic mass is 10.1. The summed E-state index contributed by atoms with van der Waals surface area (Å²) in [7, 11) is 0. The van der Waals surface area contributed by atoms with Crippen LogP contribution in [0.4, 0.5) is 0 Å². The number of hydrogen-bond acceptors (Lipinski definition) is 4. The van der Waals surface area contributed by atoms with E-state index in [4.69, 9.17) is 0 Å². The summed E-state index contributed by atoms with van der Waals surface area (Å²) >= 11 is 0. The van der Waals surface area contributed by atoms with Crippen LogP contribution in [-0.4, -0.2) is 25.2 Å². The first-order chi connectivity index (χ1) is 13.2. The highest BCUT2D eigenvalue weighted by Gasteiger charge is 2.09. The molecule has 4 aromatic rings. The molecule has 0 aliphatic carbocycles. The van der Waals surface area contributed by atoms with Gasteiger partial charge >= 0.3 is 0 Å². The number of carbonyl (C=O) groups excluding carboxylic acids is 1. The van der Waals surface area contributed by atoms with Crippen molar-refractivity contribution in [2.75, 3.05) is 0 Å². The summed E-state index contributed by atoms with van der Waals surface area (Å²) in [5.74, 6) is -0.141. The Balaban J connectivity index is 1.51. The molecule has 0 fully saturated rings. The van der Waals surface area contributed by atoms with E-state index in [2.05, 4.69) is 15.4 Å². The van der Waals surface area contributed by atoms with E-state index in [9.17, 15) is 9.59 Å². The van der Waals surface area contributed by atoms with Gasteiger partial charge in [-0.3, -0.25) is 9.59 Å². The highest BCUT2D eigenvalue weighted by atomic mass is 16.2. The van der Waals surface area contributed by atoms with Gasteiger partial charge in [-0.1, -0.05) is 30.3 Å². The number of nitrogens with zero attached hydrogens (tertiary/aromatic N) is 4. The van der Waals surface area contributed by atoms with Gasteiger partial charge in [-0.2, -0.15) is 5.10 Å². The Morgan fingerprint density at radius 2 is 1.85 bits per heavy atom. The number of carbonyl (C=O) groups is 1. The van der Waals surface area contributed by atoms with Crippen molar-refractivity contribution in [3.05, 3.63) is 89.2 Å². The monoisotopic (exact) mass is 359 g/mol. The van der Waals surface area contributed by atoms with Crippen molar-refractivity contribution in [1.82, 2.24) is 24.6 Å². The minimum Gasteiger partial charge on any atom is -0.350 e. The first-order valence-corrected chi connectivity index (χ1v) is 8.50. The van der Waals surface area contributed by atoms with Crippen LogP contribution in [0.3, 0.4) is 0 Å². The van der Waals surface area contributed by atoms with E-state index in [1.807, 2.05) is 42.5 Å². The molecule has 7 heteroatoms. The Morgan fingerprint density at radius 3 is 2.70 bits per heavy atom. The highest BCUT2D eigenvalue weighted by Crippen LogP contribution is 2.13. The maximum atomic E-state index is 12.5. The van der Waals surface area contributed by atoms with E-state index in [1.165, 1.54) is 12.4 Å². The molecule has 4 rings (SSSR count). The molecule has 0 spiro atoms. The number of rotatable bonds is 5. The van der Waals surface area contributed by atoms with Gasteiger partial charge in [0, 0.05) is 24.2 Å². The van der Waals surface area contributed by atoms with Gasteiger partial charge in [0.1, 0.15) is 19.2 Å². The fourth-order valence-corrected chi connectivity index (χ4v) is 3.02. The molecule has 0 unspecified atom stereocenters. The first-order valence-electron chi connectivity index (χ1n) is 8.50. The van der Waals surface area contributed by atoms with Crippen LogP contribution in [0.15, 0.2) is 78.2 Å². The molecule has 0 saturated heterocycles. The normalized spacial score (nSPS) is 10.8. The van der Waals surface area contributed by atoms with Crippen LogP contribution < -0.4 is 10.7 Å². The Bertz CT molecular complexity index is 1150. The van der Waals surface area contributed by atoms with Gasteiger partial charge in [0.25, 0.3) is 0 Å². The molecule has 0 saturated carbocycles.